The first-order valence-corrected chi connectivity index (χ1v) is 10.9. The molecule has 0 radical (unpaired) electrons. The third-order valence-electron chi connectivity index (χ3n) is 4.51. The van der Waals surface area contributed by atoms with E-state index in [1.165, 1.54) is 11.8 Å². The largest absolute Gasteiger partial charge is 0.278 e. The Balaban J connectivity index is 1.72. The number of anilines is 2. The second kappa shape index (κ2) is 7.97. The fraction of sp³-hybridized carbons (Fsp3) is 0.227. The highest BCUT2D eigenvalue weighted by molar-refractivity contribution is 8.00. The van der Waals surface area contributed by atoms with Gasteiger partial charge in [-0.05, 0) is 50.6 Å². The van der Waals surface area contributed by atoms with Gasteiger partial charge in [-0.25, -0.2) is 9.97 Å². The van der Waals surface area contributed by atoms with E-state index < -0.39 is 0 Å². The minimum absolute atomic E-state index is 0.0652. The lowest BCUT2D eigenvalue weighted by Crippen LogP contribution is -2.35. The van der Waals surface area contributed by atoms with Crippen LogP contribution in [0.2, 0.25) is 0 Å². The Morgan fingerprint density at radius 1 is 1.00 bits per heavy atom. The summed E-state index contributed by atoms with van der Waals surface area (Å²) in [6.07, 6.45) is 0.702. The molecular weight excluding hydrogens is 386 g/mol. The Bertz CT molecular complexity index is 972. The summed E-state index contributed by atoms with van der Waals surface area (Å²) in [5, 5.41) is 0.399. The van der Waals surface area contributed by atoms with Crippen LogP contribution in [0.1, 0.15) is 24.7 Å². The molecule has 2 heterocycles. The number of carbonyl (C=O) groups excluding carboxylic acids is 1. The number of thioether (sulfide) groups is 1. The van der Waals surface area contributed by atoms with E-state index in [0.717, 1.165) is 32.6 Å². The summed E-state index contributed by atoms with van der Waals surface area (Å²) >= 11 is 3.15. The number of aryl methyl sites for hydroxylation is 2. The van der Waals surface area contributed by atoms with Crippen LogP contribution in [0.5, 0.6) is 0 Å². The second-order valence-electron chi connectivity index (χ2n) is 6.66. The van der Waals surface area contributed by atoms with E-state index in [1.54, 1.807) is 11.8 Å². The first-order valence-electron chi connectivity index (χ1n) is 9.25. The maximum atomic E-state index is 13.7. The number of benzene rings is 2. The number of aromatic nitrogens is 2. The van der Waals surface area contributed by atoms with Crippen molar-refractivity contribution in [2.75, 3.05) is 4.90 Å². The van der Waals surface area contributed by atoms with Crippen molar-refractivity contribution in [2.45, 2.75) is 47.4 Å². The average molecular weight is 408 g/mol. The summed E-state index contributed by atoms with van der Waals surface area (Å²) in [4.78, 5) is 26.8. The van der Waals surface area contributed by atoms with Gasteiger partial charge in [0, 0.05) is 21.2 Å². The lowest BCUT2D eigenvalue weighted by Gasteiger charge is -2.33. The van der Waals surface area contributed by atoms with Gasteiger partial charge in [-0.1, -0.05) is 54.7 Å². The Morgan fingerprint density at radius 2 is 1.54 bits per heavy atom. The van der Waals surface area contributed by atoms with E-state index >= 15 is 0 Å². The summed E-state index contributed by atoms with van der Waals surface area (Å²) in [5.41, 5.74) is 3.72. The molecule has 3 aromatic rings. The van der Waals surface area contributed by atoms with Crippen LogP contribution in [0.3, 0.4) is 0 Å². The van der Waals surface area contributed by atoms with Crippen LogP contribution in [0.4, 0.5) is 11.4 Å². The molecule has 1 amide bonds. The Morgan fingerprint density at radius 3 is 2.07 bits per heavy atom. The van der Waals surface area contributed by atoms with Crippen molar-refractivity contribution < 1.29 is 4.79 Å². The minimum Gasteiger partial charge on any atom is -0.278 e. The molecule has 2 aromatic carbocycles. The third-order valence-corrected chi connectivity index (χ3v) is 6.85. The normalized spacial score (nSPS) is 13.6. The maximum absolute atomic E-state index is 13.7. The molecule has 1 aromatic heterocycles. The molecule has 6 heteroatoms. The molecule has 0 saturated heterocycles. The van der Waals surface area contributed by atoms with Crippen LogP contribution >= 0.6 is 23.5 Å². The Hall–Kier alpha value is -2.31. The zero-order chi connectivity index (χ0) is 19.7. The van der Waals surface area contributed by atoms with Gasteiger partial charge < -0.3 is 0 Å². The van der Waals surface area contributed by atoms with Gasteiger partial charge >= 0.3 is 0 Å². The third kappa shape index (κ3) is 3.66. The SMILES string of the molecule is CCC(Sc1nc(C)cc(C)n1)C(=O)N1c2ccccc2Sc2ccccc21. The number of hydrogen-bond acceptors (Lipinski definition) is 5. The van der Waals surface area contributed by atoms with Crippen molar-refractivity contribution >= 4 is 40.8 Å². The average Bonchev–Trinajstić information content (AvgIpc) is 2.69. The summed E-state index contributed by atoms with van der Waals surface area (Å²) < 4.78 is 0. The van der Waals surface area contributed by atoms with Crippen LogP contribution in [0.15, 0.2) is 69.5 Å². The number of nitrogens with zero attached hydrogens (tertiary/aromatic N) is 3. The molecule has 1 aliphatic rings. The second-order valence-corrected chi connectivity index (χ2v) is 8.91. The first-order chi connectivity index (χ1) is 13.6. The van der Waals surface area contributed by atoms with Crippen molar-refractivity contribution in [3.05, 3.63) is 66.0 Å². The molecule has 4 nitrogen and oxygen atoms in total. The molecule has 1 unspecified atom stereocenters. The highest BCUT2D eigenvalue weighted by Crippen LogP contribution is 2.48. The van der Waals surface area contributed by atoms with E-state index in [2.05, 4.69) is 22.1 Å². The van der Waals surface area contributed by atoms with E-state index in [-0.39, 0.29) is 11.2 Å². The number of amides is 1. The Labute approximate surface area is 173 Å². The molecule has 0 aliphatic carbocycles. The van der Waals surface area contributed by atoms with Gasteiger partial charge in [0.2, 0.25) is 5.91 Å². The lowest BCUT2D eigenvalue weighted by atomic mass is 10.2. The van der Waals surface area contributed by atoms with Gasteiger partial charge in [-0.3, -0.25) is 9.69 Å². The van der Waals surface area contributed by atoms with Gasteiger partial charge in [0.05, 0.1) is 16.6 Å². The van der Waals surface area contributed by atoms with E-state index in [0.29, 0.717) is 11.6 Å². The van der Waals surface area contributed by atoms with Crippen LogP contribution < -0.4 is 4.90 Å². The molecule has 1 aliphatic heterocycles. The van der Waals surface area contributed by atoms with Crippen molar-refractivity contribution in [1.29, 1.82) is 0 Å². The molecule has 0 bridgehead atoms. The topological polar surface area (TPSA) is 46.1 Å². The highest BCUT2D eigenvalue weighted by atomic mass is 32.2. The zero-order valence-corrected chi connectivity index (χ0v) is 17.7. The number of fused-ring (bicyclic) bond motifs is 2. The zero-order valence-electron chi connectivity index (χ0n) is 16.0. The molecule has 0 saturated carbocycles. The van der Waals surface area contributed by atoms with Crippen LogP contribution in [0.25, 0.3) is 0 Å². The van der Waals surface area contributed by atoms with Gasteiger partial charge in [0.25, 0.3) is 0 Å². The van der Waals surface area contributed by atoms with Crippen molar-refractivity contribution in [3.63, 3.8) is 0 Å². The summed E-state index contributed by atoms with van der Waals surface area (Å²) in [6, 6.07) is 18.1. The van der Waals surface area contributed by atoms with Crippen LogP contribution in [0, 0.1) is 13.8 Å². The maximum Gasteiger partial charge on any atom is 0.245 e. The van der Waals surface area contributed by atoms with Crippen molar-refractivity contribution in [3.8, 4) is 0 Å². The van der Waals surface area contributed by atoms with E-state index in [1.807, 2.05) is 68.1 Å². The van der Waals surface area contributed by atoms with Crippen molar-refractivity contribution in [1.82, 2.24) is 9.97 Å². The fourth-order valence-corrected chi connectivity index (χ4v) is 5.35. The van der Waals surface area contributed by atoms with Gasteiger partial charge in [-0.15, -0.1) is 0 Å². The first kappa shape index (κ1) is 19.0. The number of carbonyl (C=O) groups is 1. The van der Waals surface area contributed by atoms with Gasteiger partial charge in [0.1, 0.15) is 0 Å². The van der Waals surface area contributed by atoms with E-state index in [4.69, 9.17) is 0 Å². The molecule has 0 fully saturated rings. The molecule has 28 heavy (non-hydrogen) atoms. The number of hydrogen-bond donors (Lipinski definition) is 0. The van der Waals surface area contributed by atoms with Gasteiger partial charge in [0.15, 0.2) is 5.16 Å². The highest BCUT2D eigenvalue weighted by Gasteiger charge is 2.32. The molecular formula is C22H21N3OS2. The standard InChI is InChI=1S/C22H21N3OS2/c1-4-18(28-22-23-14(2)13-15(3)24-22)21(26)25-16-9-5-7-11-19(16)27-20-12-8-6-10-17(20)25/h5-13,18H,4H2,1-3H3. The molecule has 1 atom stereocenters. The van der Waals surface area contributed by atoms with Crippen molar-refractivity contribution in [2.24, 2.45) is 0 Å². The van der Waals surface area contributed by atoms with E-state index in [9.17, 15) is 4.79 Å². The smallest absolute Gasteiger partial charge is 0.245 e. The number of rotatable bonds is 4. The lowest BCUT2D eigenvalue weighted by molar-refractivity contribution is -0.117. The van der Waals surface area contributed by atoms with Crippen LogP contribution in [-0.4, -0.2) is 21.1 Å². The summed E-state index contributed by atoms with van der Waals surface area (Å²) in [7, 11) is 0. The van der Waals surface area contributed by atoms with Crippen LogP contribution in [-0.2, 0) is 4.79 Å². The molecule has 0 N–H and O–H groups in total. The molecule has 4 rings (SSSR count). The predicted molar refractivity (Wildman–Crippen MR) is 116 cm³/mol. The minimum atomic E-state index is -0.259. The predicted octanol–water partition coefficient (Wildman–Crippen LogP) is 5.79. The molecule has 0 spiro atoms. The fourth-order valence-electron chi connectivity index (χ4n) is 3.27. The Kier molecular flexibility index (Phi) is 5.42. The number of para-hydroxylation sites is 2. The molecule has 142 valence electrons. The van der Waals surface area contributed by atoms with Gasteiger partial charge in [-0.2, -0.15) is 0 Å². The quantitative estimate of drug-likeness (QED) is 0.404. The summed E-state index contributed by atoms with van der Waals surface area (Å²) in [6.45, 7) is 5.94. The monoisotopic (exact) mass is 407 g/mol. The summed E-state index contributed by atoms with van der Waals surface area (Å²) in [5.74, 6) is 0.0652.